The Morgan fingerprint density at radius 2 is 2.33 bits per heavy atom. The minimum absolute atomic E-state index is 0.0197. The van der Waals surface area contributed by atoms with Gasteiger partial charge in [-0.2, -0.15) is 0 Å². The third kappa shape index (κ3) is 0.721. The predicted molar refractivity (Wildman–Crippen MR) is 32.6 cm³/mol. The minimum atomic E-state index is -0.192. The second-order valence-electron chi connectivity index (χ2n) is 2.96. The molecule has 0 unspecified atom stereocenters. The Bertz CT molecular complexity index is 147. The second-order valence-corrected chi connectivity index (χ2v) is 2.96. The van der Waals surface area contributed by atoms with Crippen LogP contribution in [0.1, 0.15) is 12.8 Å². The zero-order valence-corrected chi connectivity index (χ0v) is 5.13. The van der Waals surface area contributed by atoms with Crippen LogP contribution in [0.2, 0.25) is 0 Å². The maximum Gasteiger partial charge on any atom is 0.234 e. The first-order chi connectivity index (χ1) is 4.27. The smallest absolute Gasteiger partial charge is 0.234 e. The molecule has 2 fully saturated rings. The molecule has 0 aromatic heterocycles. The van der Waals surface area contributed by atoms with Crippen LogP contribution in [0.15, 0.2) is 0 Å². The van der Waals surface area contributed by atoms with Gasteiger partial charge in [-0.1, -0.05) is 0 Å². The summed E-state index contributed by atoms with van der Waals surface area (Å²) in [7, 11) is 0. The van der Waals surface area contributed by atoms with Gasteiger partial charge in [0.05, 0.1) is 6.04 Å². The van der Waals surface area contributed by atoms with Crippen LogP contribution in [0.4, 0.5) is 0 Å². The van der Waals surface area contributed by atoms with Gasteiger partial charge < -0.3 is 11.1 Å². The summed E-state index contributed by atoms with van der Waals surface area (Å²) in [4.78, 5) is 10.5. The number of piperidine rings is 1. The molecule has 3 nitrogen and oxygen atoms in total. The van der Waals surface area contributed by atoms with E-state index in [1.807, 2.05) is 0 Å². The van der Waals surface area contributed by atoms with Gasteiger partial charge in [-0.05, 0) is 18.8 Å². The van der Waals surface area contributed by atoms with Gasteiger partial charge in [0.15, 0.2) is 0 Å². The van der Waals surface area contributed by atoms with E-state index in [2.05, 4.69) is 5.32 Å². The molecule has 9 heavy (non-hydrogen) atoms. The highest BCUT2D eigenvalue weighted by Gasteiger charge is 2.47. The normalized spacial score (nSPS) is 46.4. The Morgan fingerprint density at radius 1 is 1.56 bits per heavy atom. The summed E-state index contributed by atoms with van der Waals surface area (Å²) >= 11 is 0. The monoisotopic (exact) mass is 126 g/mol. The van der Waals surface area contributed by atoms with Gasteiger partial charge in [0.1, 0.15) is 0 Å². The van der Waals surface area contributed by atoms with Crippen LogP contribution in [0, 0.1) is 5.92 Å². The van der Waals surface area contributed by atoms with E-state index >= 15 is 0 Å². The van der Waals surface area contributed by atoms with Gasteiger partial charge in [0.25, 0.3) is 0 Å². The lowest BCUT2D eigenvalue weighted by Crippen LogP contribution is -2.38. The fraction of sp³-hybridized carbons (Fsp3) is 0.833. The number of fused-ring (bicyclic) bond motifs is 1. The van der Waals surface area contributed by atoms with Crippen molar-refractivity contribution in [3.05, 3.63) is 0 Å². The molecule has 2 rings (SSSR count). The van der Waals surface area contributed by atoms with E-state index in [1.54, 1.807) is 0 Å². The molecule has 1 aliphatic carbocycles. The molecular weight excluding hydrogens is 116 g/mol. The van der Waals surface area contributed by atoms with Crippen LogP contribution < -0.4 is 11.1 Å². The topological polar surface area (TPSA) is 55.1 Å². The molecule has 3 atom stereocenters. The zero-order chi connectivity index (χ0) is 6.43. The molecule has 1 heterocycles. The maximum absolute atomic E-state index is 10.5. The molecule has 0 radical (unpaired) electrons. The van der Waals surface area contributed by atoms with Gasteiger partial charge >= 0.3 is 0 Å². The van der Waals surface area contributed by atoms with Gasteiger partial charge in [0.2, 0.25) is 5.91 Å². The lowest BCUT2D eigenvalue weighted by atomic mass is 10.2. The highest BCUT2D eigenvalue weighted by molar-refractivity contribution is 5.80. The first kappa shape index (κ1) is 5.23. The molecule has 2 aliphatic rings. The van der Waals surface area contributed by atoms with E-state index in [0.29, 0.717) is 6.04 Å². The lowest BCUT2D eigenvalue weighted by molar-refractivity contribution is -0.119. The van der Waals surface area contributed by atoms with E-state index in [0.717, 1.165) is 12.3 Å². The Balaban J connectivity index is 1.97. The molecule has 0 aromatic carbocycles. The minimum Gasteiger partial charge on any atom is -0.368 e. The summed E-state index contributed by atoms with van der Waals surface area (Å²) in [5.74, 6) is 0.574. The summed E-state index contributed by atoms with van der Waals surface area (Å²) in [6.07, 6.45) is 2.23. The molecule has 1 aliphatic heterocycles. The van der Waals surface area contributed by atoms with E-state index in [9.17, 15) is 4.79 Å². The summed E-state index contributed by atoms with van der Waals surface area (Å²) in [6.45, 7) is 0. The van der Waals surface area contributed by atoms with E-state index in [4.69, 9.17) is 5.73 Å². The number of rotatable bonds is 1. The van der Waals surface area contributed by atoms with Crippen LogP contribution in [-0.2, 0) is 4.79 Å². The van der Waals surface area contributed by atoms with Crippen LogP contribution >= 0.6 is 0 Å². The van der Waals surface area contributed by atoms with Gasteiger partial charge in [-0.3, -0.25) is 4.79 Å². The first-order valence-corrected chi connectivity index (χ1v) is 3.33. The zero-order valence-electron chi connectivity index (χ0n) is 5.13. The van der Waals surface area contributed by atoms with Crippen molar-refractivity contribution in [2.75, 3.05) is 0 Å². The fourth-order valence-electron chi connectivity index (χ4n) is 1.54. The SMILES string of the molecule is NC(=O)[C@@H]1C[C@H]2C[C@@H]2N1. The number of carbonyl (C=O) groups excluding carboxylic acids is 1. The second kappa shape index (κ2) is 1.48. The van der Waals surface area contributed by atoms with Crippen LogP contribution in [0.5, 0.6) is 0 Å². The van der Waals surface area contributed by atoms with Crippen molar-refractivity contribution < 1.29 is 4.79 Å². The van der Waals surface area contributed by atoms with Crippen molar-refractivity contribution in [3.63, 3.8) is 0 Å². The van der Waals surface area contributed by atoms with Gasteiger partial charge in [-0.25, -0.2) is 0 Å². The van der Waals surface area contributed by atoms with E-state index in [-0.39, 0.29) is 11.9 Å². The molecule has 0 aromatic rings. The molecule has 1 saturated carbocycles. The van der Waals surface area contributed by atoms with Crippen molar-refractivity contribution in [3.8, 4) is 0 Å². The van der Waals surface area contributed by atoms with Crippen molar-refractivity contribution in [2.24, 2.45) is 11.7 Å². The molecule has 1 saturated heterocycles. The Hall–Kier alpha value is -0.570. The molecule has 3 heteroatoms. The van der Waals surface area contributed by atoms with Gasteiger partial charge in [0, 0.05) is 6.04 Å². The number of primary amides is 1. The molecule has 1 amide bonds. The molecule has 0 spiro atoms. The van der Waals surface area contributed by atoms with Crippen molar-refractivity contribution in [1.82, 2.24) is 5.32 Å². The Morgan fingerprint density at radius 3 is 2.67 bits per heavy atom. The van der Waals surface area contributed by atoms with Crippen LogP contribution in [-0.4, -0.2) is 18.0 Å². The van der Waals surface area contributed by atoms with Crippen LogP contribution in [0.25, 0.3) is 0 Å². The van der Waals surface area contributed by atoms with Crippen molar-refractivity contribution >= 4 is 5.91 Å². The number of amides is 1. The quantitative estimate of drug-likeness (QED) is 0.484. The average molecular weight is 126 g/mol. The third-order valence-corrected chi connectivity index (χ3v) is 2.22. The first-order valence-electron chi connectivity index (χ1n) is 3.33. The number of nitrogens with one attached hydrogen (secondary N) is 1. The summed E-state index contributed by atoms with van der Waals surface area (Å²) < 4.78 is 0. The fourth-order valence-corrected chi connectivity index (χ4v) is 1.54. The number of carbonyl (C=O) groups is 1. The molecule has 50 valence electrons. The van der Waals surface area contributed by atoms with Crippen molar-refractivity contribution in [2.45, 2.75) is 24.9 Å². The number of hydrogen-bond acceptors (Lipinski definition) is 2. The van der Waals surface area contributed by atoms with E-state index < -0.39 is 0 Å². The predicted octanol–water partition coefficient (Wildman–Crippen LogP) is -0.778. The number of nitrogens with two attached hydrogens (primary N) is 1. The highest BCUT2D eigenvalue weighted by Crippen LogP contribution is 2.40. The standard InChI is InChI=1S/C6H10N2O/c7-6(9)5-2-3-1-4(3)8-5/h3-5,8H,1-2H2,(H2,7,9)/t3-,4+,5+/m1/s1. The largest absolute Gasteiger partial charge is 0.368 e. The summed E-state index contributed by atoms with van der Waals surface area (Å²) in [5, 5.41) is 3.15. The third-order valence-electron chi connectivity index (χ3n) is 2.22. The Kier molecular flexibility index (Phi) is 0.858. The molecular formula is C6H10N2O. The highest BCUT2D eigenvalue weighted by atomic mass is 16.1. The Labute approximate surface area is 53.6 Å². The lowest BCUT2D eigenvalue weighted by Gasteiger charge is -2.06. The van der Waals surface area contributed by atoms with Gasteiger partial charge in [-0.15, -0.1) is 0 Å². The maximum atomic E-state index is 10.5. The van der Waals surface area contributed by atoms with Crippen molar-refractivity contribution in [1.29, 1.82) is 0 Å². The summed E-state index contributed by atoms with van der Waals surface area (Å²) in [6, 6.07) is 0.608. The van der Waals surface area contributed by atoms with Crippen LogP contribution in [0.3, 0.4) is 0 Å². The average Bonchev–Trinajstić information content (AvgIpc) is 2.40. The van der Waals surface area contributed by atoms with E-state index in [1.165, 1.54) is 6.42 Å². The molecule has 3 N–H and O–H groups in total. The number of hydrogen-bond donors (Lipinski definition) is 2. The molecule has 0 bridgehead atoms. The summed E-state index contributed by atoms with van der Waals surface area (Å²) in [5.41, 5.74) is 5.08.